The van der Waals surface area contributed by atoms with Crippen LogP contribution in [0.2, 0.25) is 0 Å². The van der Waals surface area contributed by atoms with Gasteiger partial charge in [-0.05, 0) is 19.9 Å². The van der Waals surface area contributed by atoms with Gasteiger partial charge in [-0.2, -0.15) is 22.7 Å². The minimum Gasteiger partial charge on any atom is -0.370 e. The molecule has 0 bridgehead atoms. The highest BCUT2D eigenvalue weighted by Crippen LogP contribution is 2.27. The van der Waals surface area contributed by atoms with Gasteiger partial charge in [0, 0.05) is 31.4 Å². The summed E-state index contributed by atoms with van der Waals surface area (Å²) in [7, 11) is -2.90. The molecule has 3 rings (SSSR count). The summed E-state index contributed by atoms with van der Waals surface area (Å²) in [6.07, 6.45) is -3.92. The molecule has 0 atom stereocenters. The lowest BCUT2D eigenvalue weighted by Crippen LogP contribution is -2.41. The molecule has 26 heavy (non-hydrogen) atoms. The van der Waals surface area contributed by atoms with Gasteiger partial charge >= 0.3 is 6.18 Å². The van der Waals surface area contributed by atoms with Crippen LogP contribution in [0.1, 0.15) is 17.9 Å². The number of halogens is 3. The largest absolute Gasteiger partial charge is 0.453 e. The highest BCUT2D eigenvalue weighted by Gasteiger charge is 2.36. The lowest BCUT2D eigenvalue weighted by atomic mass is 10.3. The molecule has 1 aliphatic rings. The van der Waals surface area contributed by atoms with Crippen LogP contribution < -0.4 is 5.32 Å². The summed E-state index contributed by atoms with van der Waals surface area (Å²) in [4.78, 5) is 9.46. The fourth-order valence-electron chi connectivity index (χ4n) is 2.73. The molecule has 1 fully saturated rings. The van der Waals surface area contributed by atoms with E-state index in [9.17, 15) is 21.6 Å². The van der Waals surface area contributed by atoms with E-state index in [-0.39, 0.29) is 17.3 Å². The summed E-state index contributed by atoms with van der Waals surface area (Å²) in [6.45, 7) is 3.91. The zero-order valence-electron chi connectivity index (χ0n) is 14.1. The number of anilines is 1. The first-order valence-electron chi connectivity index (χ1n) is 8.12. The Labute approximate surface area is 148 Å². The number of hydrogen-bond donors (Lipinski definition) is 1. The van der Waals surface area contributed by atoms with E-state index in [1.165, 1.54) is 0 Å². The van der Waals surface area contributed by atoms with Crippen LogP contribution in [0, 0.1) is 6.92 Å². The van der Waals surface area contributed by atoms with Crippen molar-refractivity contribution in [2.24, 2.45) is 0 Å². The summed E-state index contributed by atoms with van der Waals surface area (Å²) in [5.74, 6) is -0.612. The molecule has 0 amide bonds. The van der Waals surface area contributed by atoms with E-state index in [4.69, 9.17) is 0 Å². The topological polar surface area (TPSA) is 92.5 Å². The quantitative estimate of drug-likeness (QED) is 0.759. The monoisotopic (exact) mass is 392 g/mol. The molecule has 8 nitrogen and oxygen atoms in total. The molecule has 1 N–H and O–H groups in total. The van der Waals surface area contributed by atoms with E-state index >= 15 is 0 Å². The van der Waals surface area contributed by atoms with Crippen molar-refractivity contribution in [1.29, 1.82) is 0 Å². The number of aryl methyl sites for hydroxylation is 1. The Kier molecular flexibility index (Phi) is 5.06. The maximum atomic E-state index is 12.8. The second-order valence-electron chi connectivity index (χ2n) is 6.20. The van der Waals surface area contributed by atoms with Gasteiger partial charge in [0.15, 0.2) is 9.84 Å². The summed E-state index contributed by atoms with van der Waals surface area (Å²) in [5.41, 5.74) is 0.530. The van der Waals surface area contributed by atoms with E-state index < -0.39 is 21.8 Å². The van der Waals surface area contributed by atoms with Gasteiger partial charge in [-0.15, -0.1) is 5.10 Å². The van der Waals surface area contributed by atoms with Crippen LogP contribution in [0.4, 0.5) is 19.0 Å². The van der Waals surface area contributed by atoms with Crippen LogP contribution in [0.15, 0.2) is 6.07 Å². The molecule has 0 spiro atoms. The predicted octanol–water partition coefficient (Wildman–Crippen LogP) is 0.984. The van der Waals surface area contributed by atoms with Crippen LogP contribution in [0.3, 0.4) is 0 Å². The van der Waals surface area contributed by atoms with Crippen LogP contribution >= 0.6 is 0 Å². The number of fused-ring (bicyclic) bond motifs is 1. The molecule has 0 saturated carbocycles. The SMILES string of the molecule is Cc1cc(NCCCN2CCS(=O)(=O)CC2)n2nc(C(F)(F)F)nc2n1. The number of sulfone groups is 1. The Bertz CT molecular complexity index is 882. The molecule has 144 valence electrons. The third kappa shape index (κ3) is 4.41. The minimum atomic E-state index is -4.63. The zero-order chi connectivity index (χ0) is 18.9. The standard InChI is InChI=1S/C14H19F3N6O2S/c1-10-9-11(23-13(19-10)20-12(21-23)14(15,16)17)18-3-2-4-22-5-7-26(24,25)8-6-22/h9,18H,2-8H2,1H3. The third-order valence-electron chi connectivity index (χ3n) is 4.09. The second kappa shape index (κ2) is 6.99. The summed E-state index contributed by atoms with van der Waals surface area (Å²) in [6, 6.07) is 1.61. The number of nitrogens with zero attached hydrogens (tertiary/aromatic N) is 5. The molecule has 0 aromatic carbocycles. The summed E-state index contributed by atoms with van der Waals surface area (Å²) < 4.78 is 62.2. The van der Waals surface area contributed by atoms with Crippen molar-refractivity contribution in [1.82, 2.24) is 24.5 Å². The molecule has 1 aliphatic heterocycles. The molecular weight excluding hydrogens is 373 g/mol. The summed E-state index contributed by atoms with van der Waals surface area (Å²) >= 11 is 0. The van der Waals surface area contributed by atoms with E-state index in [0.717, 1.165) is 4.52 Å². The van der Waals surface area contributed by atoms with E-state index in [1.807, 2.05) is 0 Å². The third-order valence-corrected chi connectivity index (χ3v) is 5.70. The Morgan fingerprint density at radius 3 is 2.58 bits per heavy atom. The Hall–Kier alpha value is -1.95. The molecule has 2 aromatic rings. The summed E-state index contributed by atoms with van der Waals surface area (Å²) in [5, 5.41) is 6.55. The number of alkyl halides is 3. The van der Waals surface area contributed by atoms with Crippen molar-refractivity contribution in [3.8, 4) is 0 Å². The maximum Gasteiger partial charge on any atom is 0.453 e. The van der Waals surface area contributed by atoms with Crippen LogP contribution in [-0.2, 0) is 16.0 Å². The molecule has 0 aliphatic carbocycles. The smallest absolute Gasteiger partial charge is 0.370 e. The molecule has 0 unspecified atom stereocenters. The fourth-order valence-corrected chi connectivity index (χ4v) is 4.00. The molecule has 12 heteroatoms. The van der Waals surface area contributed by atoms with Crippen molar-refractivity contribution in [2.45, 2.75) is 19.5 Å². The Morgan fingerprint density at radius 2 is 1.92 bits per heavy atom. The molecular formula is C14H19F3N6O2S. The average molecular weight is 392 g/mol. The number of hydrogen-bond acceptors (Lipinski definition) is 7. The number of nitrogens with one attached hydrogen (secondary N) is 1. The molecule has 3 heterocycles. The fraction of sp³-hybridized carbons (Fsp3) is 0.643. The molecule has 2 aromatic heterocycles. The minimum absolute atomic E-state index is 0.110. The van der Waals surface area contributed by atoms with Gasteiger partial charge in [-0.1, -0.05) is 0 Å². The highest BCUT2D eigenvalue weighted by molar-refractivity contribution is 7.91. The predicted molar refractivity (Wildman–Crippen MR) is 88.7 cm³/mol. The Balaban J connectivity index is 1.61. The lowest BCUT2D eigenvalue weighted by molar-refractivity contribution is -0.144. The number of rotatable bonds is 5. The van der Waals surface area contributed by atoms with E-state index in [0.29, 0.717) is 44.1 Å². The highest BCUT2D eigenvalue weighted by atomic mass is 32.2. The van der Waals surface area contributed by atoms with Crippen LogP contribution in [-0.4, -0.2) is 70.6 Å². The van der Waals surface area contributed by atoms with Gasteiger partial charge in [-0.3, -0.25) is 0 Å². The zero-order valence-corrected chi connectivity index (χ0v) is 14.9. The first-order chi connectivity index (χ1) is 12.1. The normalized spacial score (nSPS) is 18.3. The number of aromatic nitrogens is 4. The van der Waals surface area contributed by atoms with Crippen molar-refractivity contribution in [3.05, 3.63) is 17.6 Å². The van der Waals surface area contributed by atoms with Gasteiger partial charge < -0.3 is 10.2 Å². The van der Waals surface area contributed by atoms with Crippen molar-refractivity contribution >= 4 is 21.4 Å². The van der Waals surface area contributed by atoms with Crippen LogP contribution in [0.25, 0.3) is 5.78 Å². The molecule has 0 radical (unpaired) electrons. The van der Waals surface area contributed by atoms with E-state index in [2.05, 4.69) is 25.3 Å². The maximum absolute atomic E-state index is 12.8. The van der Waals surface area contributed by atoms with E-state index in [1.54, 1.807) is 13.0 Å². The van der Waals surface area contributed by atoms with Gasteiger partial charge in [0.1, 0.15) is 5.82 Å². The first-order valence-corrected chi connectivity index (χ1v) is 9.94. The first kappa shape index (κ1) is 18.8. The second-order valence-corrected chi connectivity index (χ2v) is 8.51. The van der Waals surface area contributed by atoms with Crippen LogP contribution in [0.5, 0.6) is 0 Å². The Morgan fingerprint density at radius 1 is 1.23 bits per heavy atom. The van der Waals surface area contributed by atoms with Gasteiger partial charge in [0.25, 0.3) is 11.6 Å². The van der Waals surface area contributed by atoms with Crippen molar-refractivity contribution in [2.75, 3.05) is 43.0 Å². The van der Waals surface area contributed by atoms with Gasteiger partial charge in [0.2, 0.25) is 0 Å². The lowest BCUT2D eigenvalue weighted by Gasteiger charge is -2.26. The van der Waals surface area contributed by atoms with Gasteiger partial charge in [-0.25, -0.2) is 13.4 Å². The average Bonchev–Trinajstić information content (AvgIpc) is 2.97. The molecule has 1 saturated heterocycles. The van der Waals surface area contributed by atoms with Gasteiger partial charge in [0.05, 0.1) is 11.5 Å². The van der Waals surface area contributed by atoms with Crippen molar-refractivity contribution < 1.29 is 21.6 Å². The van der Waals surface area contributed by atoms with Crippen molar-refractivity contribution in [3.63, 3.8) is 0 Å².